The first kappa shape index (κ1) is 20.0. The number of amides is 1. The summed E-state index contributed by atoms with van der Waals surface area (Å²) in [7, 11) is 0. The molecule has 2 heterocycles. The molecule has 0 spiro atoms. The minimum atomic E-state index is 0. The van der Waals surface area contributed by atoms with Gasteiger partial charge >= 0.3 is 0 Å². The SMILES string of the molecule is Cc1nn(CC(C)C)c(C)c1CCC(=O)NC1CCNCC1.Cl. The Morgan fingerprint density at radius 1 is 1.35 bits per heavy atom. The molecule has 132 valence electrons. The molecule has 0 bridgehead atoms. The standard InChI is InChI=1S/C17H30N4O.ClH/c1-12(2)11-21-14(4)16(13(3)20-21)5-6-17(22)19-15-7-9-18-10-8-15;/h12,15,18H,5-11H2,1-4H3,(H,19,22);1H. The molecule has 23 heavy (non-hydrogen) atoms. The molecule has 1 saturated heterocycles. The van der Waals surface area contributed by atoms with Gasteiger partial charge in [0.1, 0.15) is 0 Å². The first-order valence-electron chi connectivity index (χ1n) is 8.50. The van der Waals surface area contributed by atoms with Gasteiger partial charge in [0.15, 0.2) is 0 Å². The van der Waals surface area contributed by atoms with E-state index in [9.17, 15) is 4.79 Å². The topological polar surface area (TPSA) is 59.0 Å². The molecule has 1 aliphatic heterocycles. The third-order valence-corrected chi connectivity index (χ3v) is 4.38. The van der Waals surface area contributed by atoms with Crippen molar-refractivity contribution < 1.29 is 4.79 Å². The van der Waals surface area contributed by atoms with Crippen molar-refractivity contribution in [2.24, 2.45) is 5.92 Å². The molecule has 2 N–H and O–H groups in total. The van der Waals surface area contributed by atoms with Gasteiger partial charge in [-0.2, -0.15) is 5.10 Å². The Morgan fingerprint density at radius 3 is 2.61 bits per heavy atom. The van der Waals surface area contributed by atoms with Gasteiger partial charge < -0.3 is 10.6 Å². The Morgan fingerprint density at radius 2 is 2.00 bits per heavy atom. The van der Waals surface area contributed by atoms with Gasteiger partial charge in [0.05, 0.1) is 5.69 Å². The number of nitrogens with one attached hydrogen (secondary N) is 2. The van der Waals surface area contributed by atoms with Crippen molar-refractivity contribution in [1.82, 2.24) is 20.4 Å². The molecule has 1 aromatic rings. The van der Waals surface area contributed by atoms with Crippen LogP contribution >= 0.6 is 12.4 Å². The van der Waals surface area contributed by atoms with Crippen LogP contribution in [0.25, 0.3) is 0 Å². The highest BCUT2D eigenvalue weighted by Gasteiger charge is 2.17. The summed E-state index contributed by atoms with van der Waals surface area (Å²) in [6, 6.07) is 0.347. The van der Waals surface area contributed by atoms with E-state index in [4.69, 9.17) is 0 Å². The molecule has 6 heteroatoms. The molecule has 2 rings (SSSR count). The van der Waals surface area contributed by atoms with Crippen LogP contribution in [0.4, 0.5) is 0 Å². The Balaban J connectivity index is 0.00000264. The van der Waals surface area contributed by atoms with Crippen LogP contribution < -0.4 is 10.6 Å². The molecule has 0 radical (unpaired) electrons. The van der Waals surface area contributed by atoms with Gasteiger partial charge in [0, 0.05) is 24.7 Å². The second-order valence-corrected chi connectivity index (χ2v) is 6.82. The van der Waals surface area contributed by atoms with E-state index in [2.05, 4.69) is 41.2 Å². The molecule has 0 saturated carbocycles. The van der Waals surface area contributed by atoms with E-state index in [-0.39, 0.29) is 18.3 Å². The molecule has 0 unspecified atom stereocenters. The number of piperidine rings is 1. The third kappa shape index (κ3) is 5.81. The van der Waals surface area contributed by atoms with Crippen molar-refractivity contribution in [2.75, 3.05) is 13.1 Å². The highest BCUT2D eigenvalue weighted by molar-refractivity contribution is 5.85. The second kappa shape index (κ2) is 9.28. The van der Waals surface area contributed by atoms with Crippen LogP contribution in [0.15, 0.2) is 0 Å². The summed E-state index contributed by atoms with van der Waals surface area (Å²) in [6.07, 6.45) is 3.41. The largest absolute Gasteiger partial charge is 0.353 e. The van der Waals surface area contributed by atoms with Crippen molar-refractivity contribution in [3.05, 3.63) is 17.0 Å². The van der Waals surface area contributed by atoms with Crippen molar-refractivity contribution in [2.45, 2.75) is 66.0 Å². The molecule has 1 aliphatic rings. The maximum absolute atomic E-state index is 12.1. The number of aromatic nitrogens is 2. The molecular weight excluding hydrogens is 312 g/mol. The van der Waals surface area contributed by atoms with Crippen LogP contribution in [0, 0.1) is 19.8 Å². The number of rotatable bonds is 6. The average Bonchev–Trinajstić information content (AvgIpc) is 2.72. The molecule has 0 atom stereocenters. The lowest BCUT2D eigenvalue weighted by Crippen LogP contribution is -2.42. The maximum atomic E-state index is 12.1. The highest BCUT2D eigenvalue weighted by Crippen LogP contribution is 2.16. The lowest BCUT2D eigenvalue weighted by molar-refractivity contribution is -0.121. The summed E-state index contributed by atoms with van der Waals surface area (Å²) in [5.41, 5.74) is 3.51. The smallest absolute Gasteiger partial charge is 0.220 e. The molecule has 0 aliphatic carbocycles. The van der Waals surface area contributed by atoms with E-state index in [1.54, 1.807) is 0 Å². The Labute approximate surface area is 146 Å². The van der Waals surface area contributed by atoms with E-state index in [1.807, 2.05) is 6.92 Å². The fourth-order valence-electron chi connectivity index (χ4n) is 3.12. The maximum Gasteiger partial charge on any atom is 0.220 e. The first-order chi connectivity index (χ1) is 10.5. The quantitative estimate of drug-likeness (QED) is 0.834. The summed E-state index contributed by atoms with van der Waals surface area (Å²) in [4.78, 5) is 12.1. The Kier molecular flexibility index (Phi) is 8.06. The van der Waals surface area contributed by atoms with Gasteiger partial charge in [0.25, 0.3) is 0 Å². The van der Waals surface area contributed by atoms with E-state index in [1.165, 1.54) is 11.3 Å². The third-order valence-electron chi connectivity index (χ3n) is 4.38. The number of hydrogen-bond acceptors (Lipinski definition) is 3. The lowest BCUT2D eigenvalue weighted by Gasteiger charge is -2.23. The number of nitrogens with zero attached hydrogens (tertiary/aromatic N) is 2. The molecule has 5 nitrogen and oxygen atoms in total. The van der Waals surface area contributed by atoms with E-state index in [0.29, 0.717) is 18.4 Å². The first-order valence-corrected chi connectivity index (χ1v) is 8.50. The van der Waals surface area contributed by atoms with Crippen molar-refractivity contribution >= 4 is 18.3 Å². The van der Waals surface area contributed by atoms with Crippen LogP contribution in [0.1, 0.15) is 50.1 Å². The number of carbonyl (C=O) groups excluding carboxylic acids is 1. The number of carbonyl (C=O) groups is 1. The van der Waals surface area contributed by atoms with Crippen LogP contribution in [0.2, 0.25) is 0 Å². The number of hydrogen-bond donors (Lipinski definition) is 2. The Hall–Kier alpha value is -1.07. The molecule has 1 aromatic heterocycles. The van der Waals surface area contributed by atoms with E-state index < -0.39 is 0 Å². The highest BCUT2D eigenvalue weighted by atomic mass is 35.5. The zero-order chi connectivity index (χ0) is 16.1. The average molecular weight is 343 g/mol. The predicted molar refractivity (Wildman–Crippen MR) is 96.1 cm³/mol. The monoisotopic (exact) mass is 342 g/mol. The molecule has 1 fully saturated rings. The fraction of sp³-hybridized carbons (Fsp3) is 0.765. The number of halogens is 1. The lowest BCUT2D eigenvalue weighted by atomic mass is 10.0. The van der Waals surface area contributed by atoms with Crippen molar-refractivity contribution in [3.63, 3.8) is 0 Å². The van der Waals surface area contributed by atoms with Gasteiger partial charge in [-0.05, 0) is 57.7 Å². The summed E-state index contributed by atoms with van der Waals surface area (Å²) in [5.74, 6) is 0.747. The van der Waals surface area contributed by atoms with Crippen LogP contribution in [-0.4, -0.2) is 34.8 Å². The second-order valence-electron chi connectivity index (χ2n) is 6.82. The van der Waals surface area contributed by atoms with Crippen molar-refractivity contribution in [1.29, 1.82) is 0 Å². The molecule has 0 aromatic carbocycles. The zero-order valence-corrected chi connectivity index (χ0v) is 15.6. The number of aryl methyl sites for hydroxylation is 1. The van der Waals surface area contributed by atoms with Crippen molar-refractivity contribution in [3.8, 4) is 0 Å². The van der Waals surface area contributed by atoms with Gasteiger partial charge in [-0.3, -0.25) is 9.48 Å². The van der Waals surface area contributed by atoms with Crippen LogP contribution in [-0.2, 0) is 17.8 Å². The van der Waals surface area contributed by atoms with Crippen LogP contribution in [0.3, 0.4) is 0 Å². The Bertz CT molecular complexity index is 507. The van der Waals surface area contributed by atoms with E-state index in [0.717, 1.165) is 44.6 Å². The van der Waals surface area contributed by atoms with Gasteiger partial charge in [0.2, 0.25) is 5.91 Å². The fourth-order valence-corrected chi connectivity index (χ4v) is 3.12. The van der Waals surface area contributed by atoms with E-state index >= 15 is 0 Å². The molecular formula is C17H31ClN4O. The minimum Gasteiger partial charge on any atom is -0.353 e. The summed E-state index contributed by atoms with van der Waals surface area (Å²) >= 11 is 0. The van der Waals surface area contributed by atoms with Crippen LogP contribution in [0.5, 0.6) is 0 Å². The zero-order valence-electron chi connectivity index (χ0n) is 14.8. The predicted octanol–water partition coefficient (Wildman–Crippen LogP) is 2.38. The summed E-state index contributed by atoms with van der Waals surface area (Å²) < 4.78 is 2.08. The van der Waals surface area contributed by atoms with Gasteiger partial charge in [-0.1, -0.05) is 13.8 Å². The molecule has 1 amide bonds. The van der Waals surface area contributed by atoms with Gasteiger partial charge in [-0.25, -0.2) is 0 Å². The minimum absolute atomic E-state index is 0. The normalized spacial score (nSPS) is 15.5. The summed E-state index contributed by atoms with van der Waals surface area (Å²) in [5, 5.41) is 11.1. The summed E-state index contributed by atoms with van der Waals surface area (Å²) in [6.45, 7) is 11.5. The van der Waals surface area contributed by atoms with Gasteiger partial charge in [-0.15, -0.1) is 12.4 Å².